The monoisotopic (exact) mass is 396 g/mol. The van der Waals surface area contributed by atoms with E-state index in [1.165, 1.54) is 35.4 Å². The minimum atomic E-state index is -2.28. The summed E-state index contributed by atoms with van der Waals surface area (Å²) in [5, 5.41) is 9.82. The minimum Gasteiger partial charge on any atom is -0.133 e. The molecule has 0 saturated carbocycles. The van der Waals surface area contributed by atoms with Gasteiger partial charge in [-0.25, -0.2) is 0 Å². The lowest BCUT2D eigenvalue weighted by Gasteiger charge is -2.31. The molecule has 0 N–H and O–H groups in total. The first-order valence-corrected chi connectivity index (χ1v) is 12.8. The third-order valence-electron chi connectivity index (χ3n) is 5.69. The summed E-state index contributed by atoms with van der Waals surface area (Å²) in [6.07, 6.45) is 0. The predicted molar refractivity (Wildman–Crippen MR) is 122 cm³/mol. The van der Waals surface area contributed by atoms with Crippen molar-refractivity contribution in [1.29, 1.82) is 0 Å². The number of fused-ring (bicyclic) bond motifs is 5. The summed E-state index contributed by atoms with van der Waals surface area (Å²) in [5.41, 5.74) is 1.44. The van der Waals surface area contributed by atoms with Crippen LogP contribution in [0.1, 0.15) is 0 Å². The molecule has 0 amide bonds. The Morgan fingerprint density at radius 1 is 0.630 bits per heavy atom. The maximum atomic E-state index is 2.38. The fraction of sp³-hybridized carbons (Fsp3) is 0. The summed E-state index contributed by atoms with van der Waals surface area (Å²) in [6, 6.07) is 33.9. The van der Waals surface area contributed by atoms with Crippen LogP contribution in [-0.2, 0) is 0 Å². The maximum Gasteiger partial charge on any atom is 0.182 e. The second-order valence-electron chi connectivity index (χ2n) is 6.96. The van der Waals surface area contributed by atoms with Crippen LogP contribution in [0.2, 0.25) is 0 Å². The quantitative estimate of drug-likeness (QED) is 0.382. The lowest BCUT2D eigenvalue weighted by atomic mass is 10.2. The molecular formula is C24H16S2Si. The number of thiophene rings is 2. The summed E-state index contributed by atoms with van der Waals surface area (Å²) in [7, 11) is -2.28. The van der Waals surface area contributed by atoms with Crippen molar-refractivity contribution in [2.45, 2.75) is 0 Å². The van der Waals surface area contributed by atoms with Gasteiger partial charge in [0.25, 0.3) is 0 Å². The fourth-order valence-corrected chi connectivity index (χ4v) is 13.0. The number of benzene rings is 3. The standard InChI is InChI=1S/C24H16S2Si/c1-3-9-17(10-4-1)27(18-11-5-2-6-12-18)21-14-8-7-13-19(21)22-23(27)20-15-16-25-24(20)26-22/h1-16H. The average Bonchev–Trinajstić information content (AvgIpc) is 3.39. The van der Waals surface area contributed by atoms with Gasteiger partial charge in [-0.1, -0.05) is 84.9 Å². The summed E-state index contributed by atoms with van der Waals surface area (Å²) in [4.78, 5) is 1.49. The highest BCUT2D eigenvalue weighted by atomic mass is 32.2. The van der Waals surface area contributed by atoms with E-state index < -0.39 is 8.07 Å². The van der Waals surface area contributed by atoms with Crippen molar-refractivity contribution < 1.29 is 0 Å². The SMILES string of the molecule is c1ccc([Si]2(c3ccccc3)c3ccccc3-c3sc4sccc4c32)cc1. The molecule has 0 aliphatic carbocycles. The smallest absolute Gasteiger partial charge is 0.133 e. The van der Waals surface area contributed by atoms with Crippen molar-refractivity contribution in [2.75, 3.05) is 0 Å². The molecule has 0 spiro atoms. The maximum absolute atomic E-state index is 2.38. The van der Waals surface area contributed by atoms with Gasteiger partial charge >= 0.3 is 0 Å². The van der Waals surface area contributed by atoms with E-state index in [2.05, 4.69) is 96.4 Å². The van der Waals surface area contributed by atoms with Gasteiger partial charge in [0.05, 0.1) is 4.01 Å². The number of rotatable bonds is 2. The van der Waals surface area contributed by atoms with E-state index in [-0.39, 0.29) is 0 Å². The second kappa shape index (κ2) is 5.77. The molecular weight excluding hydrogens is 380 g/mol. The van der Waals surface area contributed by atoms with Crippen LogP contribution in [-0.4, -0.2) is 8.07 Å². The largest absolute Gasteiger partial charge is 0.182 e. The molecule has 3 aromatic carbocycles. The topological polar surface area (TPSA) is 0 Å². The molecule has 0 saturated heterocycles. The van der Waals surface area contributed by atoms with E-state index in [1.807, 2.05) is 22.7 Å². The molecule has 3 heteroatoms. The first-order chi connectivity index (χ1) is 13.4. The van der Waals surface area contributed by atoms with Gasteiger partial charge in [-0.05, 0) is 37.8 Å². The van der Waals surface area contributed by atoms with Crippen molar-refractivity contribution in [2.24, 2.45) is 0 Å². The first kappa shape index (κ1) is 15.6. The summed E-state index contributed by atoms with van der Waals surface area (Å²) >= 11 is 3.86. The normalized spacial score (nSPS) is 14.2. The highest BCUT2D eigenvalue weighted by Gasteiger charge is 2.50. The molecule has 27 heavy (non-hydrogen) atoms. The summed E-state index contributed by atoms with van der Waals surface area (Å²) < 4.78 is 1.46. The van der Waals surface area contributed by atoms with Crippen LogP contribution < -0.4 is 20.7 Å². The Hall–Kier alpha value is -2.46. The van der Waals surface area contributed by atoms with Crippen molar-refractivity contribution in [1.82, 2.24) is 0 Å². The molecule has 0 atom stereocenters. The van der Waals surface area contributed by atoms with Crippen molar-refractivity contribution >= 4 is 60.9 Å². The van der Waals surface area contributed by atoms with Gasteiger partial charge in [-0.15, -0.1) is 22.7 Å². The Morgan fingerprint density at radius 2 is 1.26 bits per heavy atom. The Labute approximate surface area is 167 Å². The number of hydrogen-bond acceptors (Lipinski definition) is 2. The zero-order valence-electron chi connectivity index (χ0n) is 14.6. The van der Waals surface area contributed by atoms with Crippen LogP contribution in [0.3, 0.4) is 0 Å². The van der Waals surface area contributed by atoms with E-state index in [9.17, 15) is 0 Å². The van der Waals surface area contributed by atoms with Crippen LogP contribution in [0, 0.1) is 0 Å². The zero-order valence-corrected chi connectivity index (χ0v) is 17.2. The summed E-state index contributed by atoms with van der Waals surface area (Å²) in [6.45, 7) is 0. The zero-order chi connectivity index (χ0) is 17.8. The number of hydrogen-bond donors (Lipinski definition) is 0. The van der Waals surface area contributed by atoms with Crippen LogP contribution in [0.15, 0.2) is 96.4 Å². The molecule has 5 aromatic rings. The predicted octanol–water partition coefficient (Wildman–Crippen LogP) is 4.32. The molecule has 128 valence electrons. The fourth-order valence-electron chi connectivity index (χ4n) is 4.67. The molecule has 0 bridgehead atoms. The van der Waals surface area contributed by atoms with Crippen LogP contribution >= 0.6 is 22.7 Å². The Balaban J connectivity index is 1.86. The molecule has 1 aliphatic heterocycles. The Morgan fingerprint density at radius 3 is 1.96 bits per heavy atom. The lowest BCUT2D eigenvalue weighted by Crippen LogP contribution is -2.72. The molecule has 2 aromatic heterocycles. The van der Waals surface area contributed by atoms with Gasteiger partial charge in [-0.2, -0.15) is 0 Å². The van der Waals surface area contributed by atoms with Crippen molar-refractivity contribution in [3.8, 4) is 10.4 Å². The van der Waals surface area contributed by atoms with E-state index in [1.54, 1.807) is 5.19 Å². The second-order valence-corrected chi connectivity index (χ2v) is 12.8. The van der Waals surface area contributed by atoms with Gasteiger partial charge in [0.15, 0.2) is 8.07 Å². The first-order valence-electron chi connectivity index (χ1n) is 9.12. The molecule has 6 rings (SSSR count). The van der Waals surface area contributed by atoms with Gasteiger partial charge in [-0.3, -0.25) is 0 Å². The van der Waals surface area contributed by atoms with Crippen molar-refractivity contribution in [3.05, 3.63) is 96.4 Å². The third kappa shape index (κ3) is 1.97. The Bertz CT molecular complexity index is 1230. The minimum absolute atomic E-state index is 1.44. The average molecular weight is 397 g/mol. The van der Waals surface area contributed by atoms with Gasteiger partial charge in [0.2, 0.25) is 0 Å². The molecule has 0 radical (unpaired) electrons. The third-order valence-corrected chi connectivity index (χ3v) is 13.1. The lowest BCUT2D eigenvalue weighted by molar-refractivity contribution is 1.70. The van der Waals surface area contributed by atoms with E-state index in [0.29, 0.717) is 0 Å². The highest BCUT2D eigenvalue weighted by molar-refractivity contribution is 7.42. The molecule has 0 unspecified atom stereocenters. The van der Waals surface area contributed by atoms with E-state index in [0.717, 1.165) is 0 Å². The summed E-state index contributed by atoms with van der Waals surface area (Å²) in [5.74, 6) is 0. The van der Waals surface area contributed by atoms with Crippen molar-refractivity contribution in [3.63, 3.8) is 0 Å². The molecule has 1 aliphatic rings. The van der Waals surface area contributed by atoms with E-state index >= 15 is 0 Å². The van der Waals surface area contributed by atoms with Crippen LogP contribution in [0.25, 0.3) is 19.8 Å². The van der Waals surface area contributed by atoms with E-state index in [4.69, 9.17) is 0 Å². The van der Waals surface area contributed by atoms with Gasteiger partial charge < -0.3 is 0 Å². The molecule has 3 heterocycles. The van der Waals surface area contributed by atoms with Crippen LogP contribution in [0.5, 0.6) is 0 Å². The van der Waals surface area contributed by atoms with Gasteiger partial charge in [0.1, 0.15) is 0 Å². The highest BCUT2D eigenvalue weighted by Crippen LogP contribution is 2.40. The van der Waals surface area contributed by atoms with Crippen LogP contribution in [0.4, 0.5) is 0 Å². The Kier molecular flexibility index (Phi) is 3.33. The molecule has 0 nitrogen and oxygen atoms in total. The molecule has 0 fully saturated rings. The van der Waals surface area contributed by atoms with Gasteiger partial charge in [0, 0.05) is 10.3 Å².